The fourth-order valence-corrected chi connectivity index (χ4v) is 1.78. The van der Waals surface area contributed by atoms with Crippen LogP contribution in [0.4, 0.5) is 5.82 Å². The molecule has 2 rings (SSSR count). The van der Waals surface area contributed by atoms with Crippen molar-refractivity contribution in [2.24, 2.45) is 10.3 Å². The number of nitrogen functional groups attached to an aromatic ring is 1. The Bertz CT molecular complexity index is 882. The Morgan fingerprint density at radius 3 is 2.73 bits per heavy atom. The number of carbonyl (C=O) groups is 2. The van der Waals surface area contributed by atoms with E-state index in [0.29, 0.717) is 5.69 Å². The smallest absolute Gasteiger partial charge is 0.362 e. The van der Waals surface area contributed by atoms with Gasteiger partial charge in [0.2, 0.25) is 17.3 Å². The summed E-state index contributed by atoms with van der Waals surface area (Å²) in [5, 5.41) is 29.8. The lowest BCUT2D eigenvalue weighted by molar-refractivity contribution is -0.134. The van der Waals surface area contributed by atoms with Crippen molar-refractivity contribution in [3.05, 3.63) is 11.4 Å². The van der Waals surface area contributed by atoms with Gasteiger partial charge in [0.15, 0.2) is 5.69 Å². The third-order valence-corrected chi connectivity index (χ3v) is 3.04. The van der Waals surface area contributed by atoms with Crippen molar-refractivity contribution in [3.8, 4) is 5.82 Å². The van der Waals surface area contributed by atoms with Crippen LogP contribution in [0.15, 0.2) is 14.9 Å². The first kappa shape index (κ1) is 18.5. The summed E-state index contributed by atoms with van der Waals surface area (Å²) < 4.78 is 10.3. The fraction of sp³-hybridized carbons (Fsp3) is 0.333. The summed E-state index contributed by atoms with van der Waals surface area (Å²) in [6.45, 7) is 4.56. The normalized spacial score (nSPS) is 12.1. The van der Waals surface area contributed by atoms with Gasteiger partial charge in [-0.3, -0.25) is 4.79 Å². The molecule has 138 valence electrons. The molecule has 2 aromatic heterocycles. The molecule has 0 fully saturated rings. The van der Waals surface area contributed by atoms with Crippen LogP contribution < -0.4 is 11.2 Å². The second kappa shape index (κ2) is 7.82. The van der Waals surface area contributed by atoms with Gasteiger partial charge in [0, 0.05) is 0 Å². The highest BCUT2D eigenvalue weighted by molar-refractivity contribution is 6.65. The zero-order valence-electron chi connectivity index (χ0n) is 14.0. The van der Waals surface area contributed by atoms with Crippen LogP contribution in [0.5, 0.6) is 0 Å². The van der Waals surface area contributed by atoms with E-state index in [0.717, 1.165) is 4.68 Å². The highest BCUT2D eigenvalue weighted by atomic mass is 16.6. The SMILES string of the molecule is CCOC(=O)C(=N\O)/C(C)=N\NC(=O)c1nnn(-c2nonc2N)c1C. The average Bonchev–Trinajstić information content (AvgIpc) is 3.19. The number of nitrogens with zero attached hydrogens (tertiary/aromatic N) is 7. The van der Waals surface area contributed by atoms with Gasteiger partial charge in [-0.2, -0.15) is 9.78 Å². The van der Waals surface area contributed by atoms with E-state index in [9.17, 15) is 9.59 Å². The van der Waals surface area contributed by atoms with E-state index in [4.69, 9.17) is 15.7 Å². The number of nitrogens with one attached hydrogen (secondary N) is 1. The molecule has 0 aliphatic carbocycles. The molecule has 0 unspecified atom stereocenters. The predicted octanol–water partition coefficient (Wildman–Crippen LogP) is -0.960. The largest absolute Gasteiger partial charge is 0.461 e. The van der Waals surface area contributed by atoms with E-state index in [2.05, 4.69) is 40.9 Å². The monoisotopic (exact) mass is 365 g/mol. The predicted molar refractivity (Wildman–Crippen MR) is 84.8 cm³/mol. The maximum Gasteiger partial charge on any atom is 0.362 e. The lowest BCUT2D eigenvalue weighted by Gasteiger charge is -2.04. The van der Waals surface area contributed by atoms with Gasteiger partial charge in [-0.1, -0.05) is 10.4 Å². The number of nitrogens with two attached hydrogens (primary N) is 1. The summed E-state index contributed by atoms with van der Waals surface area (Å²) >= 11 is 0. The molecule has 14 nitrogen and oxygen atoms in total. The van der Waals surface area contributed by atoms with Crippen LogP contribution in [-0.4, -0.2) is 60.4 Å². The first-order chi connectivity index (χ1) is 12.4. The summed E-state index contributed by atoms with van der Waals surface area (Å²) in [6.07, 6.45) is 0. The minimum atomic E-state index is -0.887. The summed E-state index contributed by atoms with van der Waals surface area (Å²) in [5.74, 6) is -1.58. The molecule has 0 radical (unpaired) electrons. The quantitative estimate of drug-likeness (QED) is 0.248. The second-order valence-corrected chi connectivity index (χ2v) is 4.72. The van der Waals surface area contributed by atoms with Gasteiger partial charge in [0.1, 0.15) is 0 Å². The Morgan fingerprint density at radius 1 is 1.42 bits per heavy atom. The van der Waals surface area contributed by atoms with Gasteiger partial charge in [0.05, 0.1) is 18.0 Å². The van der Waals surface area contributed by atoms with E-state index in [-0.39, 0.29) is 29.6 Å². The maximum absolute atomic E-state index is 12.2. The van der Waals surface area contributed by atoms with Gasteiger partial charge in [-0.05, 0) is 31.1 Å². The minimum absolute atomic E-state index is 0.0305. The molecule has 0 bridgehead atoms. The van der Waals surface area contributed by atoms with Crippen LogP contribution in [-0.2, 0) is 9.53 Å². The number of hydrogen-bond donors (Lipinski definition) is 3. The number of hydrazone groups is 1. The summed E-state index contributed by atoms with van der Waals surface area (Å²) in [5.41, 5.74) is 7.42. The molecule has 0 aromatic carbocycles. The number of ether oxygens (including phenoxy) is 1. The lowest BCUT2D eigenvalue weighted by atomic mass is 10.2. The molecule has 14 heteroatoms. The zero-order chi connectivity index (χ0) is 19.3. The van der Waals surface area contributed by atoms with Crippen LogP contribution in [0.2, 0.25) is 0 Å². The van der Waals surface area contributed by atoms with Crippen molar-refractivity contribution in [3.63, 3.8) is 0 Å². The van der Waals surface area contributed by atoms with Gasteiger partial charge in [0.25, 0.3) is 5.91 Å². The van der Waals surface area contributed by atoms with E-state index in [1.165, 1.54) is 6.92 Å². The molecule has 26 heavy (non-hydrogen) atoms. The van der Waals surface area contributed by atoms with Gasteiger partial charge in [-0.25, -0.2) is 14.8 Å². The maximum atomic E-state index is 12.2. The number of aromatic nitrogens is 5. The third kappa shape index (κ3) is 3.63. The Hall–Kier alpha value is -3.84. The highest BCUT2D eigenvalue weighted by Crippen LogP contribution is 2.14. The molecule has 1 amide bonds. The van der Waals surface area contributed by atoms with Crippen LogP contribution in [0.25, 0.3) is 5.82 Å². The van der Waals surface area contributed by atoms with Crippen molar-refractivity contribution in [2.45, 2.75) is 20.8 Å². The summed E-state index contributed by atoms with van der Waals surface area (Å²) in [4.78, 5) is 23.8. The molecule has 2 aromatic rings. The Labute approximate surface area is 145 Å². The van der Waals surface area contributed by atoms with E-state index in [1.807, 2.05) is 0 Å². The number of amides is 1. The highest BCUT2D eigenvalue weighted by Gasteiger charge is 2.22. The van der Waals surface area contributed by atoms with E-state index < -0.39 is 17.6 Å². The van der Waals surface area contributed by atoms with E-state index >= 15 is 0 Å². The summed E-state index contributed by atoms with van der Waals surface area (Å²) in [6, 6.07) is 0. The number of carbonyl (C=O) groups excluding carboxylic acids is 2. The van der Waals surface area contributed by atoms with Crippen LogP contribution in [0, 0.1) is 6.92 Å². The number of rotatable bonds is 6. The average molecular weight is 365 g/mol. The number of anilines is 1. The first-order valence-electron chi connectivity index (χ1n) is 7.15. The fourth-order valence-electron chi connectivity index (χ4n) is 1.78. The standard InChI is InChI=1S/C12H15N9O5/c1-4-25-12(23)7(17-24)5(2)14-16-11(22)8-6(3)21(20-15-8)10-9(13)18-26-19-10/h24H,4H2,1-3H3,(H2,13,18)(H,16,22)/b14-5-,17-7-. The second-order valence-electron chi connectivity index (χ2n) is 4.72. The van der Waals surface area contributed by atoms with Crippen molar-refractivity contribution >= 4 is 29.1 Å². The minimum Gasteiger partial charge on any atom is -0.461 e. The molecule has 0 spiro atoms. The lowest BCUT2D eigenvalue weighted by Crippen LogP contribution is -2.28. The molecule has 4 N–H and O–H groups in total. The van der Waals surface area contributed by atoms with Crippen molar-refractivity contribution in [1.29, 1.82) is 0 Å². The Balaban J connectivity index is 2.17. The van der Waals surface area contributed by atoms with Gasteiger partial charge in [-0.15, -0.1) is 5.10 Å². The Morgan fingerprint density at radius 2 is 2.15 bits per heavy atom. The molecular formula is C12H15N9O5. The van der Waals surface area contributed by atoms with Gasteiger partial charge >= 0.3 is 5.97 Å². The molecule has 0 aliphatic heterocycles. The number of oxime groups is 1. The number of esters is 1. The van der Waals surface area contributed by atoms with Crippen LogP contribution in [0.3, 0.4) is 0 Å². The van der Waals surface area contributed by atoms with Crippen LogP contribution >= 0.6 is 0 Å². The molecule has 0 saturated carbocycles. The summed E-state index contributed by atoms with van der Waals surface area (Å²) in [7, 11) is 0. The third-order valence-electron chi connectivity index (χ3n) is 3.04. The van der Waals surface area contributed by atoms with Crippen molar-refractivity contribution in [1.82, 2.24) is 30.7 Å². The number of hydrogen-bond acceptors (Lipinski definition) is 12. The molecule has 0 aliphatic rings. The van der Waals surface area contributed by atoms with E-state index in [1.54, 1.807) is 13.8 Å². The van der Waals surface area contributed by atoms with Crippen LogP contribution in [0.1, 0.15) is 30.0 Å². The molecule has 0 atom stereocenters. The topological polar surface area (TPSA) is 196 Å². The van der Waals surface area contributed by atoms with Gasteiger partial charge < -0.3 is 15.7 Å². The molecule has 0 saturated heterocycles. The molecule has 2 heterocycles. The van der Waals surface area contributed by atoms with Crippen molar-refractivity contribution in [2.75, 3.05) is 12.3 Å². The zero-order valence-corrected chi connectivity index (χ0v) is 14.0. The van der Waals surface area contributed by atoms with Crippen molar-refractivity contribution < 1.29 is 24.2 Å². The molecular weight excluding hydrogens is 350 g/mol. The Kier molecular flexibility index (Phi) is 5.56. The first-order valence-corrected chi connectivity index (χ1v) is 7.15.